The van der Waals surface area contributed by atoms with Gasteiger partial charge in [0, 0.05) is 20.8 Å². The normalized spacial score (nSPS) is 6.90. The third kappa shape index (κ3) is 15.7. The van der Waals surface area contributed by atoms with E-state index < -0.39 is 5.97 Å². The monoisotopic (exact) mass is 162 g/mol. The van der Waals surface area contributed by atoms with E-state index >= 15 is 0 Å². The van der Waals surface area contributed by atoms with Crippen LogP contribution in [-0.2, 0) is 9.74 Å². The van der Waals surface area contributed by atoms with Crippen LogP contribution in [0.4, 0.5) is 4.53 Å². The molecule has 0 fully saturated rings. The Labute approximate surface area is 62.7 Å². The van der Waals surface area contributed by atoms with Gasteiger partial charge in [0.15, 0.2) is 0 Å². The molecule has 0 spiro atoms. The predicted octanol–water partition coefficient (Wildman–Crippen LogP) is 0.556. The molecule has 0 saturated heterocycles. The maximum Gasteiger partial charge on any atom is 0.371 e. The van der Waals surface area contributed by atoms with E-state index in [1.165, 1.54) is 16.3 Å². The van der Waals surface area contributed by atoms with Crippen molar-refractivity contribution in [3.8, 4) is 0 Å². The number of carbonyl (C=O) groups excluding carboxylic acids is 1. The molecule has 58 valence electrons. The smallest absolute Gasteiger partial charge is 0.250 e. The Morgan fingerprint density at radius 3 is 2.10 bits per heavy atom. The van der Waals surface area contributed by atoms with E-state index in [9.17, 15) is 9.32 Å². The average molecular weight is 162 g/mol. The Bertz CT molecular complexity index is 114. The van der Waals surface area contributed by atoms with E-state index in [-0.39, 0.29) is 0 Å². The summed E-state index contributed by atoms with van der Waals surface area (Å²) < 4.78 is 10.5. The largest absolute Gasteiger partial charge is 0.371 e. The number of rotatable bonds is 2. The summed E-state index contributed by atoms with van der Waals surface area (Å²) in [6.07, 6.45) is 2.67. The van der Waals surface area contributed by atoms with E-state index in [4.69, 9.17) is 0 Å². The van der Waals surface area contributed by atoms with Gasteiger partial charge in [0.2, 0.25) is 0 Å². The minimum Gasteiger partial charge on any atom is -0.250 e. The fourth-order valence-corrected chi connectivity index (χ4v) is 0.0315. The highest BCUT2D eigenvalue weighted by molar-refractivity contribution is 6.09. The standard InChI is InChI=1S/C3H3FO2.C3H8Si/c1-2-3(5)6-4;1-2-3-4/h2H,1H2;2H,1,3H2,4H3. The first-order valence-corrected chi connectivity index (χ1v) is 4.20. The van der Waals surface area contributed by atoms with Crippen molar-refractivity contribution in [2.24, 2.45) is 0 Å². The molecular formula is C6H11FO2Si. The molecule has 4 heteroatoms. The zero-order valence-corrected chi connectivity index (χ0v) is 7.97. The van der Waals surface area contributed by atoms with Gasteiger partial charge in [-0.2, -0.15) is 0 Å². The van der Waals surface area contributed by atoms with Crippen molar-refractivity contribution < 1.29 is 14.3 Å². The summed E-state index contributed by atoms with van der Waals surface area (Å²) in [7, 11) is 1.27. The van der Waals surface area contributed by atoms with E-state index in [1.807, 2.05) is 6.08 Å². The van der Waals surface area contributed by atoms with Crippen LogP contribution in [0.2, 0.25) is 6.04 Å². The molecule has 10 heavy (non-hydrogen) atoms. The molecule has 0 radical (unpaired) electrons. The predicted molar refractivity (Wildman–Crippen MR) is 42.3 cm³/mol. The quantitative estimate of drug-likeness (QED) is 0.337. The molecular weight excluding hydrogens is 151 g/mol. The Hall–Kier alpha value is -0.903. The van der Waals surface area contributed by atoms with Crippen LogP contribution in [0.25, 0.3) is 0 Å². The van der Waals surface area contributed by atoms with Crippen molar-refractivity contribution in [2.45, 2.75) is 6.04 Å². The van der Waals surface area contributed by atoms with Gasteiger partial charge in [-0.05, 0) is 6.04 Å². The van der Waals surface area contributed by atoms with Crippen molar-refractivity contribution in [3.63, 3.8) is 0 Å². The van der Waals surface area contributed by atoms with E-state index in [0.29, 0.717) is 0 Å². The average Bonchev–Trinajstić information content (AvgIpc) is 2.03. The lowest BCUT2D eigenvalue weighted by molar-refractivity contribution is -0.176. The second kappa shape index (κ2) is 11.0. The van der Waals surface area contributed by atoms with Crippen LogP contribution in [0.15, 0.2) is 25.3 Å². The van der Waals surface area contributed by atoms with Crippen LogP contribution < -0.4 is 0 Å². The van der Waals surface area contributed by atoms with Crippen LogP contribution in [0.1, 0.15) is 0 Å². The molecule has 0 N–H and O–H groups in total. The summed E-state index contributed by atoms with van der Waals surface area (Å²) in [6.45, 7) is 6.43. The first kappa shape index (κ1) is 11.8. The van der Waals surface area contributed by atoms with E-state index in [2.05, 4.69) is 18.1 Å². The van der Waals surface area contributed by atoms with Crippen molar-refractivity contribution in [2.75, 3.05) is 0 Å². The first-order chi connectivity index (χ1) is 4.72. The summed E-state index contributed by atoms with van der Waals surface area (Å²) >= 11 is 0. The molecule has 0 aliphatic rings. The molecule has 0 atom stereocenters. The van der Waals surface area contributed by atoms with Crippen molar-refractivity contribution in [1.82, 2.24) is 0 Å². The third-order valence-corrected chi connectivity index (χ3v) is 1.11. The molecule has 0 heterocycles. The van der Waals surface area contributed by atoms with Gasteiger partial charge in [0.1, 0.15) is 0 Å². The molecule has 2 nitrogen and oxygen atoms in total. The van der Waals surface area contributed by atoms with Gasteiger partial charge in [-0.25, -0.2) is 4.79 Å². The minimum atomic E-state index is -1.06. The van der Waals surface area contributed by atoms with Crippen LogP contribution in [-0.4, -0.2) is 16.2 Å². The van der Waals surface area contributed by atoms with Gasteiger partial charge < -0.3 is 0 Å². The first-order valence-electron chi connectivity index (χ1n) is 2.78. The molecule has 0 aliphatic heterocycles. The molecule has 0 aromatic heterocycles. The minimum absolute atomic E-state index is 0.736. The lowest BCUT2D eigenvalue weighted by Gasteiger charge is -1.74. The third-order valence-electron chi connectivity index (χ3n) is 0.531. The van der Waals surface area contributed by atoms with Crippen LogP contribution in [0.5, 0.6) is 0 Å². The lowest BCUT2D eigenvalue weighted by Crippen LogP contribution is -1.87. The van der Waals surface area contributed by atoms with Crippen molar-refractivity contribution >= 4 is 16.2 Å². The Balaban J connectivity index is 0. The van der Waals surface area contributed by atoms with E-state index in [1.54, 1.807) is 0 Å². The van der Waals surface area contributed by atoms with Gasteiger partial charge in [-0.1, -0.05) is 12.7 Å². The zero-order valence-electron chi connectivity index (χ0n) is 5.97. The number of halogens is 1. The molecule has 0 amide bonds. The van der Waals surface area contributed by atoms with Crippen LogP contribution in [0, 0.1) is 0 Å². The summed E-state index contributed by atoms with van der Waals surface area (Å²) in [6, 6.07) is 1.22. The SMILES string of the molecule is C=CC(=O)OF.C=CC[SiH3]. The topological polar surface area (TPSA) is 26.3 Å². The Morgan fingerprint density at radius 2 is 2.10 bits per heavy atom. The Kier molecular flexibility index (Phi) is 13.0. The van der Waals surface area contributed by atoms with Gasteiger partial charge in [-0.15, -0.1) is 6.58 Å². The summed E-state index contributed by atoms with van der Waals surface area (Å²) in [5.41, 5.74) is 0. The summed E-state index contributed by atoms with van der Waals surface area (Å²) in [4.78, 5) is 12.1. The van der Waals surface area contributed by atoms with Gasteiger partial charge in [0.25, 0.3) is 0 Å². The Morgan fingerprint density at radius 1 is 1.70 bits per heavy atom. The second-order valence-electron chi connectivity index (χ2n) is 1.30. The molecule has 0 saturated carbocycles. The maximum absolute atomic E-state index is 10.5. The molecule has 0 rings (SSSR count). The van der Waals surface area contributed by atoms with Gasteiger partial charge >= 0.3 is 5.97 Å². The van der Waals surface area contributed by atoms with Gasteiger partial charge in [0.05, 0.1) is 0 Å². The highest BCUT2D eigenvalue weighted by atomic mass is 28.1. The molecule has 0 aromatic rings. The van der Waals surface area contributed by atoms with Crippen LogP contribution >= 0.6 is 0 Å². The van der Waals surface area contributed by atoms with Crippen molar-refractivity contribution in [3.05, 3.63) is 25.3 Å². The highest BCUT2D eigenvalue weighted by Gasteiger charge is 1.87. The number of allylic oxidation sites excluding steroid dienone is 1. The molecule has 0 bridgehead atoms. The molecule has 0 aromatic carbocycles. The maximum atomic E-state index is 10.5. The second-order valence-corrected chi connectivity index (χ2v) is 2.11. The lowest BCUT2D eigenvalue weighted by atomic mass is 10.7. The highest BCUT2D eigenvalue weighted by Crippen LogP contribution is 1.74. The number of hydrogen-bond acceptors (Lipinski definition) is 2. The molecule has 0 unspecified atom stereocenters. The van der Waals surface area contributed by atoms with Gasteiger partial charge in [-0.3, -0.25) is 4.94 Å². The number of carbonyl (C=O) groups is 1. The van der Waals surface area contributed by atoms with Crippen molar-refractivity contribution in [1.29, 1.82) is 0 Å². The zero-order chi connectivity index (χ0) is 8.41. The summed E-state index contributed by atoms with van der Waals surface area (Å²) in [5, 5.41) is 0. The fourth-order valence-electron chi connectivity index (χ4n) is 0.0315. The van der Waals surface area contributed by atoms with Crippen LogP contribution in [0.3, 0.4) is 0 Å². The van der Waals surface area contributed by atoms with E-state index in [0.717, 1.165) is 6.08 Å². The summed E-state index contributed by atoms with van der Waals surface area (Å²) in [5.74, 6) is -1.06. The molecule has 0 aliphatic carbocycles. The fraction of sp³-hybridized carbons (Fsp3) is 0.167. The number of hydrogen-bond donors (Lipinski definition) is 0.